The molecule has 1 N–H and O–H groups in total. The molecule has 4 heteroatoms. The summed E-state index contributed by atoms with van der Waals surface area (Å²) in [6.45, 7) is 1.70. The van der Waals surface area contributed by atoms with Crippen LogP contribution in [0.2, 0.25) is 0 Å². The van der Waals surface area contributed by atoms with Crippen molar-refractivity contribution in [3.63, 3.8) is 0 Å². The van der Waals surface area contributed by atoms with Gasteiger partial charge in [0.2, 0.25) is 0 Å². The molecule has 1 rings (SSSR count). The van der Waals surface area contributed by atoms with Crippen molar-refractivity contribution in [1.29, 1.82) is 0 Å². The summed E-state index contributed by atoms with van der Waals surface area (Å²) < 4.78 is 6.16. The molecular formula is C7H11NO3. The van der Waals surface area contributed by atoms with E-state index in [1.165, 1.54) is 4.74 Å². The van der Waals surface area contributed by atoms with E-state index in [0.717, 1.165) is 0 Å². The summed E-state index contributed by atoms with van der Waals surface area (Å²) in [5.41, 5.74) is 0.409. The number of hydrogen-bond acceptors (Lipinski definition) is 3. The zero-order valence-electron chi connectivity index (χ0n) is 6.63. The summed E-state index contributed by atoms with van der Waals surface area (Å²) in [4.78, 5) is 11.1. The first-order chi connectivity index (χ1) is 5.16. The van der Waals surface area contributed by atoms with Crippen LogP contribution < -0.4 is 5.56 Å². The van der Waals surface area contributed by atoms with E-state index in [1.807, 2.05) is 0 Å². The van der Waals surface area contributed by atoms with E-state index in [2.05, 4.69) is 0 Å². The number of hydrogen-bond donors (Lipinski definition) is 1. The van der Waals surface area contributed by atoms with Gasteiger partial charge < -0.3 is 9.63 Å². The molecule has 0 unspecified atom stereocenters. The van der Waals surface area contributed by atoms with E-state index < -0.39 is 0 Å². The van der Waals surface area contributed by atoms with Gasteiger partial charge >= 0.3 is 0 Å². The fourth-order valence-electron chi connectivity index (χ4n) is 1.04. The van der Waals surface area contributed by atoms with E-state index >= 15 is 0 Å². The van der Waals surface area contributed by atoms with Crippen molar-refractivity contribution in [3.8, 4) is 0 Å². The minimum atomic E-state index is -0.156. The number of aromatic nitrogens is 1. The summed E-state index contributed by atoms with van der Waals surface area (Å²) >= 11 is 0. The Balaban J connectivity index is 3.12. The zero-order chi connectivity index (χ0) is 8.43. The lowest BCUT2D eigenvalue weighted by Crippen LogP contribution is -2.14. The van der Waals surface area contributed by atoms with Crippen molar-refractivity contribution in [2.75, 3.05) is 6.61 Å². The smallest absolute Gasteiger partial charge is 0.285 e. The Bertz CT molecular complexity index is 297. The highest BCUT2D eigenvalue weighted by molar-refractivity contribution is 5.12. The molecule has 0 radical (unpaired) electrons. The second kappa shape index (κ2) is 2.92. The average Bonchev–Trinajstić information content (AvgIpc) is 2.17. The van der Waals surface area contributed by atoms with E-state index in [4.69, 9.17) is 9.63 Å². The van der Waals surface area contributed by atoms with Crippen LogP contribution in [-0.2, 0) is 13.5 Å². The average molecular weight is 157 g/mol. The molecule has 62 valence electrons. The van der Waals surface area contributed by atoms with Gasteiger partial charge in [-0.05, 0) is 6.92 Å². The van der Waals surface area contributed by atoms with Gasteiger partial charge in [0.25, 0.3) is 5.56 Å². The van der Waals surface area contributed by atoms with Crippen LogP contribution in [0.3, 0.4) is 0 Å². The van der Waals surface area contributed by atoms with Crippen LogP contribution >= 0.6 is 0 Å². The molecule has 0 aliphatic rings. The summed E-state index contributed by atoms with van der Waals surface area (Å²) in [7, 11) is 1.55. The highest BCUT2D eigenvalue weighted by Gasteiger charge is 2.09. The first kappa shape index (κ1) is 8.07. The largest absolute Gasteiger partial charge is 0.396 e. The van der Waals surface area contributed by atoms with Crippen LogP contribution in [-0.4, -0.2) is 16.5 Å². The van der Waals surface area contributed by atoms with Gasteiger partial charge in [-0.2, -0.15) is 4.74 Å². The van der Waals surface area contributed by atoms with Crippen LogP contribution in [0.15, 0.2) is 9.32 Å². The molecule has 0 bridgehead atoms. The van der Waals surface area contributed by atoms with Crippen LogP contribution in [0, 0.1) is 6.92 Å². The van der Waals surface area contributed by atoms with Crippen LogP contribution in [0.25, 0.3) is 0 Å². The first-order valence-corrected chi connectivity index (χ1v) is 3.43. The quantitative estimate of drug-likeness (QED) is 0.648. The van der Waals surface area contributed by atoms with Crippen molar-refractivity contribution < 1.29 is 9.63 Å². The topological polar surface area (TPSA) is 55.4 Å². The van der Waals surface area contributed by atoms with Gasteiger partial charge in [-0.3, -0.25) is 4.79 Å². The molecule has 0 aliphatic carbocycles. The number of aliphatic hydroxyl groups is 1. The Morgan fingerprint density at radius 2 is 2.27 bits per heavy atom. The lowest BCUT2D eigenvalue weighted by molar-refractivity contribution is 0.281. The number of aliphatic hydroxyl groups excluding tert-OH is 1. The monoisotopic (exact) mass is 157 g/mol. The molecule has 0 aromatic carbocycles. The Morgan fingerprint density at radius 1 is 1.64 bits per heavy atom. The lowest BCUT2D eigenvalue weighted by Gasteiger charge is -1.87. The molecule has 0 atom stereocenters. The first-order valence-electron chi connectivity index (χ1n) is 3.43. The van der Waals surface area contributed by atoms with Gasteiger partial charge in [0.05, 0.1) is 5.56 Å². The molecule has 1 heterocycles. The van der Waals surface area contributed by atoms with Gasteiger partial charge in [-0.25, -0.2) is 0 Å². The van der Waals surface area contributed by atoms with E-state index in [9.17, 15) is 4.79 Å². The maximum Gasteiger partial charge on any atom is 0.285 e. The van der Waals surface area contributed by atoms with Crippen molar-refractivity contribution in [1.82, 2.24) is 4.74 Å². The van der Waals surface area contributed by atoms with Crippen molar-refractivity contribution >= 4 is 0 Å². The standard InChI is InChI=1S/C7H11NO3/c1-5-6(3-4-9)7(10)8(2)11-5/h9H,3-4H2,1-2H3. The molecule has 4 nitrogen and oxygen atoms in total. The third kappa shape index (κ3) is 1.35. The van der Waals surface area contributed by atoms with Crippen LogP contribution in [0.1, 0.15) is 11.3 Å². The molecule has 0 saturated heterocycles. The summed E-state index contributed by atoms with van der Waals surface area (Å²) in [6, 6.07) is 0. The Morgan fingerprint density at radius 3 is 2.64 bits per heavy atom. The second-order valence-electron chi connectivity index (χ2n) is 2.40. The number of aryl methyl sites for hydroxylation is 2. The minimum absolute atomic E-state index is 0.0182. The van der Waals surface area contributed by atoms with Gasteiger partial charge in [-0.1, -0.05) is 0 Å². The van der Waals surface area contributed by atoms with E-state index in [0.29, 0.717) is 17.7 Å². The van der Waals surface area contributed by atoms with Crippen molar-refractivity contribution in [2.45, 2.75) is 13.3 Å². The maximum absolute atomic E-state index is 11.1. The zero-order valence-corrected chi connectivity index (χ0v) is 6.63. The normalized spacial score (nSPS) is 10.5. The third-order valence-electron chi connectivity index (χ3n) is 1.60. The Labute approximate surface area is 64.0 Å². The van der Waals surface area contributed by atoms with Crippen molar-refractivity contribution in [3.05, 3.63) is 21.7 Å². The molecule has 1 aromatic heterocycles. The minimum Gasteiger partial charge on any atom is -0.396 e. The molecule has 0 spiro atoms. The number of nitrogens with zero attached hydrogens (tertiary/aromatic N) is 1. The highest BCUT2D eigenvalue weighted by Crippen LogP contribution is 2.02. The molecule has 11 heavy (non-hydrogen) atoms. The molecule has 0 amide bonds. The maximum atomic E-state index is 11.1. The van der Waals surface area contributed by atoms with Gasteiger partial charge in [0.15, 0.2) is 0 Å². The lowest BCUT2D eigenvalue weighted by atomic mass is 10.2. The predicted molar refractivity (Wildman–Crippen MR) is 39.5 cm³/mol. The SMILES string of the molecule is Cc1on(C)c(=O)c1CCO. The molecule has 0 aliphatic heterocycles. The molecular weight excluding hydrogens is 146 g/mol. The summed E-state index contributed by atoms with van der Waals surface area (Å²) in [5.74, 6) is 0.589. The van der Waals surface area contributed by atoms with Crippen molar-refractivity contribution in [2.24, 2.45) is 7.05 Å². The Hall–Kier alpha value is -1.03. The fourth-order valence-corrected chi connectivity index (χ4v) is 1.04. The van der Waals surface area contributed by atoms with E-state index in [1.54, 1.807) is 14.0 Å². The second-order valence-corrected chi connectivity index (χ2v) is 2.40. The molecule has 0 saturated carbocycles. The third-order valence-corrected chi connectivity index (χ3v) is 1.60. The van der Waals surface area contributed by atoms with Gasteiger partial charge in [0, 0.05) is 20.1 Å². The summed E-state index contributed by atoms with van der Waals surface area (Å²) in [6.07, 6.45) is 0.370. The predicted octanol–water partition coefficient (Wildman–Crippen LogP) is -0.178. The molecule has 0 fully saturated rings. The highest BCUT2D eigenvalue weighted by atomic mass is 16.5. The Kier molecular flexibility index (Phi) is 2.14. The van der Waals surface area contributed by atoms with Gasteiger partial charge in [-0.15, -0.1) is 0 Å². The molecule has 1 aromatic rings. The number of rotatable bonds is 2. The van der Waals surface area contributed by atoms with Gasteiger partial charge in [0.1, 0.15) is 5.76 Å². The van der Waals surface area contributed by atoms with E-state index in [-0.39, 0.29) is 12.2 Å². The summed E-state index contributed by atoms with van der Waals surface area (Å²) in [5, 5.41) is 8.59. The van der Waals surface area contributed by atoms with Crippen LogP contribution in [0.4, 0.5) is 0 Å². The van der Waals surface area contributed by atoms with Crippen LogP contribution in [0.5, 0.6) is 0 Å². The fraction of sp³-hybridized carbons (Fsp3) is 0.571.